The van der Waals surface area contributed by atoms with Crippen molar-refractivity contribution in [2.45, 2.75) is 38.8 Å². The van der Waals surface area contributed by atoms with Crippen LogP contribution in [0, 0.1) is 0 Å². The number of piperidine rings is 1. The van der Waals surface area contributed by atoms with Crippen LogP contribution in [0.4, 0.5) is 0 Å². The highest BCUT2D eigenvalue weighted by Crippen LogP contribution is 2.31. The Kier molecular flexibility index (Phi) is 3.48. The normalized spacial score (nSPS) is 22.1. The van der Waals surface area contributed by atoms with Gasteiger partial charge in [-0.25, -0.2) is 0 Å². The van der Waals surface area contributed by atoms with Gasteiger partial charge in [0.25, 0.3) is 0 Å². The molecule has 1 aliphatic heterocycles. The maximum atomic E-state index is 12.1. The molecule has 0 spiro atoms. The number of phenols is 1. The summed E-state index contributed by atoms with van der Waals surface area (Å²) in [6.07, 6.45) is 1.58. The van der Waals surface area contributed by atoms with Gasteiger partial charge in [-0.15, -0.1) is 0 Å². The Bertz CT molecular complexity index is 414. The van der Waals surface area contributed by atoms with Gasteiger partial charge in [-0.2, -0.15) is 0 Å². The Morgan fingerprint density at radius 2 is 2.18 bits per heavy atom. The Morgan fingerprint density at radius 1 is 1.41 bits per heavy atom. The molecule has 0 saturated carbocycles. The van der Waals surface area contributed by atoms with Crippen LogP contribution in [0.1, 0.15) is 38.3 Å². The summed E-state index contributed by atoms with van der Waals surface area (Å²) in [7, 11) is 0. The predicted molar refractivity (Wildman–Crippen MR) is 66.9 cm³/mol. The molecule has 1 unspecified atom stereocenters. The van der Waals surface area contributed by atoms with Crippen molar-refractivity contribution in [1.82, 2.24) is 4.90 Å². The van der Waals surface area contributed by atoms with Crippen LogP contribution in [0.5, 0.6) is 5.75 Å². The van der Waals surface area contributed by atoms with Crippen LogP contribution in [0.25, 0.3) is 0 Å². The zero-order valence-corrected chi connectivity index (χ0v) is 10.4. The molecule has 1 atom stereocenters. The van der Waals surface area contributed by atoms with Gasteiger partial charge >= 0.3 is 0 Å². The van der Waals surface area contributed by atoms with Crippen molar-refractivity contribution in [2.24, 2.45) is 0 Å². The van der Waals surface area contributed by atoms with E-state index in [1.807, 2.05) is 6.07 Å². The van der Waals surface area contributed by atoms with Gasteiger partial charge in [0.2, 0.25) is 0 Å². The highest BCUT2D eigenvalue weighted by molar-refractivity contribution is 5.86. The quantitative estimate of drug-likeness (QED) is 0.853. The molecule has 3 heteroatoms. The Morgan fingerprint density at radius 3 is 2.82 bits per heavy atom. The van der Waals surface area contributed by atoms with Gasteiger partial charge in [-0.05, 0) is 44.5 Å². The molecule has 1 fully saturated rings. The first-order valence-electron chi connectivity index (χ1n) is 6.17. The number of carbonyl (C=O) groups is 1. The minimum absolute atomic E-state index is 0.184. The lowest BCUT2D eigenvalue weighted by atomic mass is 9.92. The van der Waals surface area contributed by atoms with Crippen molar-refractivity contribution in [1.29, 1.82) is 0 Å². The van der Waals surface area contributed by atoms with Gasteiger partial charge in [0, 0.05) is 12.5 Å². The van der Waals surface area contributed by atoms with E-state index in [2.05, 4.69) is 18.7 Å². The summed E-state index contributed by atoms with van der Waals surface area (Å²) < 4.78 is 0. The van der Waals surface area contributed by atoms with Gasteiger partial charge in [-0.3, -0.25) is 9.69 Å². The second-order valence-electron chi connectivity index (χ2n) is 4.90. The van der Waals surface area contributed by atoms with Crippen LogP contribution in [0.2, 0.25) is 0 Å². The third-order valence-electron chi connectivity index (χ3n) is 3.33. The molecule has 0 amide bonds. The first kappa shape index (κ1) is 12.1. The fourth-order valence-electron chi connectivity index (χ4n) is 2.52. The first-order chi connectivity index (χ1) is 8.09. The van der Waals surface area contributed by atoms with Gasteiger partial charge in [0.1, 0.15) is 5.75 Å². The van der Waals surface area contributed by atoms with E-state index < -0.39 is 0 Å². The third kappa shape index (κ3) is 2.50. The SMILES string of the molecule is CC(C)N1CCCC(=O)C1c1cccc(O)c1. The van der Waals surface area contributed by atoms with Crippen molar-refractivity contribution < 1.29 is 9.90 Å². The van der Waals surface area contributed by atoms with E-state index in [1.165, 1.54) is 0 Å². The van der Waals surface area contributed by atoms with E-state index in [0.29, 0.717) is 12.5 Å². The smallest absolute Gasteiger partial charge is 0.154 e. The number of hydrogen-bond donors (Lipinski definition) is 1. The highest BCUT2D eigenvalue weighted by atomic mass is 16.3. The van der Waals surface area contributed by atoms with Crippen molar-refractivity contribution in [3.63, 3.8) is 0 Å². The third-order valence-corrected chi connectivity index (χ3v) is 3.33. The summed E-state index contributed by atoms with van der Waals surface area (Å²) in [5.41, 5.74) is 0.906. The molecule has 92 valence electrons. The first-order valence-corrected chi connectivity index (χ1v) is 6.17. The van der Waals surface area contributed by atoms with Gasteiger partial charge in [0.05, 0.1) is 6.04 Å². The molecule has 3 nitrogen and oxygen atoms in total. The monoisotopic (exact) mass is 233 g/mol. The molecule has 1 aliphatic rings. The van der Waals surface area contributed by atoms with Crippen molar-refractivity contribution >= 4 is 5.78 Å². The Balaban J connectivity index is 2.34. The molecule has 1 saturated heterocycles. The second-order valence-corrected chi connectivity index (χ2v) is 4.90. The number of Topliss-reactive ketones (excluding diaryl/α,β-unsaturated/α-hetero) is 1. The number of benzene rings is 1. The molecule has 1 N–H and O–H groups in total. The molecule has 0 aromatic heterocycles. The summed E-state index contributed by atoms with van der Waals surface area (Å²) >= 11 is 0. The van der Waals surface area contributed by atoms with Crippen LogP contribution in [-0.2, 0) is 4.79 Å². The second kappa shape index (κ2) is 4.88. The highest BCUT2D eigenvalue weighted by Gasteiger charge is 2.32. The zero-order chi connectivity index (χ0) is 12.4. The van der Waals surface area contributed by atoms with E-state index in [4.69, 9.17) is 0 Å². The molecular formula is C14H19NO2. The molecular weight excluding hydrogens is 214 g/mol. The molecule has 0 bridgehead atoms. The minimum Gasteiger partial charge on any atom is -0.508 e. The molecule has 2 rings (SSSR count). The maximum absolute atomic E-state index is 12.1. The molecule has 1 aromatic rings. The number of carbonyl (C=O) groups excluding carboxylic acids is 1. The molecule has 0 radical (unpaired) electrons. The van der Waals surface area contributed by atoms with E-state index in [0.717, 1.165) is 18.5 Å². The summed E-state index contributed by atoms with van der Waals surface area (Å²) in [6.45, 7) is 5.16. The fraction of sp³-hybridized carbons (Fsp3) is 0.500. The topological polar surface area (TPSA) is 40.5 Å². The lowest BCUT2D eigenvalue weighted by Gasteiger charge is -2.37. The van der Waals surface area contributed by atoms with E-state index in [9.17, 15) is 9.90 Å². The molecule has 17 heavy (non-hydrogen) atoms. The number of aromatic hydroxyl groups is 1. The number of ketones is 1. The summed E-state index contributed by atoms with van der Waals surface area (Å²) in [4.78, 5) is 14.3. The average Bonchev–Trinajstić information content (AvgIpc) is 2.28. The van der Waals surface area contributed by atoms with Crippen LogP contribution in [-0.4, -0.2) is 28.4 Å². The van der Waals surface area contributed by atoms with E-state index >= 15 is 0 Å². The lowest BCUT2D eigenvalue weighted by Crippen LogP contribution is -2.43. The number of phenolic OH excluding ortho intramolecular Hbond substituents is 1. The number of hydrogen-bond acceptors (Lipinski definition) is 3. The van der Waals surface area contributed by atoms with Crippen LogP contribution in [0.15, 0.2) is 24.3 Å². The zero-order valence-electron chi connectivity index (χ0n) is 10.4. The number of nitrogens with zero attached hydrogens (tertiary/aromatic N) is 1. The van der Waals surface area contributed by atoms with Crippen LogP contribution >= 0.6 is 0 Å². The largest absolute Gasteiger partial charge is 0.508 e. The van der Waals surface area contributed by atoms with Crippen LogP contribution in [0.3, 0.4) is 0 Å². The summed E-state index contributed by atoms with van der Waals surface area (Å²) in [5, 5.41) is 9.53. The van der Waals surface area contributed by atoms with E-state index in [-0.39, 0.29) is 17.6 Å². The maximum Gasteiger partial charge on any atom is 0.154 e. The lowest BCUT2D eigenvalue weighted by molar-refractivity contribution is -0.128. The van der Waals surface area contributed by atoms with Gasteiger partial charge < -0.3 is 5.11 Å². The average molecular weight is 233 g/mol. The summed E-state index contributed by atoms with van der Waals surface area (Å²) in [6, 6.07) is 7.20. The fourth-order valence-corrected chi connectivity index (χ4v) is 2.52. The molecule has 0 aliphatic carbocycles. The molecule has 1 aromatic carbocycles. The number of rotatable bonds is 2. The van der Waals surface area contributed by atoms with Gasteiger partial charge in [0.15, 0.2) is 5.78 Å². The predicted octanol–water partition coefficient (Wildman–Crippen LogP) is 2.51. The van der Waals surface area contributed by atoms with Gasteiger partial charge in [-0.1, -0.05) is 12.1 Å². The van der Waals surface area contributed by atoms with Crippen LogP contribution < -0.4 is 0 Å². The van der Waals surface area contributed by atoms with Crippen molar-refractivity contribution in [3.8, 4) is 5.75 Å². The Labute approximate surface area is 102 Å². The van der Waals surface area contributed by atoms with E-state index in [1.54, 1.807) is 18.2 Å². The Hall–Kier alpha value is -1.35. The van der Waals surface area contributed by atoms with Crippen molar-refractivity contribution in [2.75, 3.05) is 6.54 Å². The summed E-state index contributed by atoms with van der Waals surface area (Å²) in [5.74, 6) is 0.486. The molecule has 1 heterocycles. The standard InChI is InChI=1S/C14H19NO2/c1-10(2)15-8-4-7-13(17)14(15)11-5-3-6-12(16)9-11/h3,5-6,9-10,14,16H,4,7-8H2,1-2H3. The number of likely N-dealkylation sites (tertiary alicyclic amines) is 1. The van der Waals surface area contributed by atoms with Crippen molar-refractivity contribution in [3.05, 3.63) is 29.8 Å². The minimum atomic E-state index is -0.184.